The zero-order valence-corrected chi connectivity index (χ0v) is 16.9. The van der Waals surface area contributed by atoms with Crippen LogP contribution in [0, 0.1) is 29.6 Å². The summed E-state index contributed by atoms with van der Waals surface area (Å²) in [6.07, 6.45) is 3.53. The first-order valence-corrected chi connectivity index (χ1v) is 9.89. The van der Waals surface area contributed by atoms with Gasteiger partial charge in [-0.05, 0) is 25.3 Å². The summed E-state index contributed by atoms with van der Waals surface area (Å²) in [5.74, 6) is -0.361. The van der Waals surface area contributed by atoms with Gasteiger partial charge >= 0.3 is 5.97 Å². The Labute approximate surface area is 172 Å². The quantitative estimate of drug-likeness (QED) is 0.345. The molecular formula is C19H19N5O4S. The number of esters is 1. The lowest BCUT2D eigenvalue weighted by molar-refractivity contribution is -0.134. The van der Waals surface area contributed by atoms with Gasteiger partial charge in [0.1, 0.15) is 10.6 Å². The van der Waals surface area contributed by atoms with E-state index in [1.54, 1.807) is 25.3 Å². The zero-order chi connectivity index (χ0) is 21.2. The lowest BCUT2D eigenvalue weighted by Crippen LogP contribution is -2.36. The van der Waals surface area contributed by atoms with Crippen LogP contribution in [0.4, 0.5) is 0 Å². The molecule has 0 aliphatic heterocycles. The molecule has 0 atom stereocenters. The van der Waals surface area contributed by atoms with Gasteiger partial charge in [-0.25, -0.2) is 14.8 Å². The Morgan fingerprint density at radius 3 is 2.48 bits per heavy atom. The predicted molar refractivity (Wildman–Crippen MR) is 104 cm³/mol. The van der Waals surface area contributed by atoms with Gasteiger partial charge in [-0.1, -0.05) is 0 Å². The van der Waals surface area contributed by atoms with Crippen LogP contribution in [0.15, 0.2) is 27.8 Å². The fourth-order valence-electron chi connectivity index (χ4n) is 2.47. The van der Waals surface area contributed by atoms with Crippen molar-refractivity contribution in [1.29, 1.82) is 10.5 Å². The lowest BCUT2D eigenvalue weighted by atomic mass is 10.2. The molecule has 2 rings (SSSR count). The Hall–Kier alpha value is -3.37. The van der Waals surface area contributed by atoms with Crippen molar-refractivity contribution in [3.05, 3.63) is 29.7 Å². The summed E-state index contributed by atoms with van der Waals surface area (Å²) >= 11 is 1.25. The minimum absolute atomic E-state index is 0.128. The maximum atomic E-state index is 12.6. The van der Waals surface area contributed by atoms with E-state index in [1.165, 1.54) is 22.9 Å². The van der Waals surface area contributed by atoms with Crippen LogP contribution in [-0.2, 0) is 9.53 Å². The minimum Gasteiger partial charge on any atom is -0.461 e. The first-order valence-electron chi connectivity index (χ1n) is 8.67. The van der Waals surface area contributed by atoms with Crippen molar-refractivity contribution in [3.8, 4) is 23.7 Å². The maximum absolute atomic E-state index is 12.6. The Morgan fingerprint density at radius 2 is 1.93 bits per heavy atom. The number of ether oxygens (including phenoxy) is 1. The van der Waals surface area contributed by atoms with Crippen molar-refractivity contribution in [2.75, 3.05) is 26.0 Å². The molecule has 2 aromatic rings. The van der Waals surface area contributed by atoms with Crippen LogP contribution < -0.4 is 0 Å². The zero-order valence-electron chi connectivity index (χ0n) is 16.0. The molecule has 0 fully saturated rings. The summed E-state index contributed by atoms with van der Waals surface area (Å²) in [5.41, 5.74) is 0.584. The third kappa shape index (κ3) is 5.80. The number of hydrogen-bond donors (Lipinski definition) is 0. The average Bonchev–Trinajstić information content (AvgIpc) is 3.26. The summed E-state index contributed by atoms with van der Waals surface area (Å²) in [6, 6.07) is 7.32. The highest BCUT2D eigenvalue weighted by Gasteiger charge is 2.23. The van der Waals surface area contributed by atoms with Crippen molar-refractivity contribution in [3.63, 3.8) is 0 Å². The van der Waals surface area contributed by atoms with E-state index in [4.69, 9.17) is 19.7 Å². The average molecular weight is 413 g/mol. The van der Waals surface area contributed by atoms with E-state index in [2.05, 4.69) is 9.97 Å². The molecule has 29 heavy (non-hydrogen) atoms. The largest absolute Gasteiger partial charge is 0.461 e. The first-order chi connectivity index (χ1) is 14.0. The predicted octanol–water partition coefficient (Wildman–Crippen LogP) is 2.58. The van der Waals surface area contributed by atoms with E-state index in [1.807, 2.05) is 12.1 Å². The van der Waals surface area contributed by atoms with Crippen LogP contribution in [0.5, 0.6) is 0 Å². The molecular weight excluding hydrogens is 394 g/mol. The molecule has 0 saturated heterocycles. The number of nitrogens with zero attached hydrogens (tertiary/aromatic N) is 5. The smallest absolute Gasteiger partial charge is 0.343 e. The molecule has 9 nitrogen and oxygen atoms in total. The highest BCUT2D eigenvalue weighted by molar-refractivity contribution is 7.98. The number of aromatic nitrogens is 2. The van der Waals surface area contributed by atoms with E-state index in [0.717, 1.165) is 0 Å². The van der Waals surface area contributed by atoms with Crippen LogP contribution in [0.3, 0.4) is 0 Å². The van der Waals surface area contributed by atoms with Gasteiger partial charge in [-0.3, -0.25) is 4.79 Å². The minimum atomic E-state index is -0.716. The Balaban J connectivity index is 2.12. The highest BCUT2D eigenvalue weighted by atomic mass is 32.2. The number of carbonyl (C=O) groups is 2. The van der Waals surface area contributed by atoms with Gasteiger partial charge in [0.05, 0.1) is 36.9 Å². The van der Waals surface area contributed by atoms with Crippen molar-refractivity contribution < 1.29 is 18.7 Å². The maximum Gasteiger partial charge on any atom is 0.343 e. The van der Waals surface area contributed by atoms with Crippen LogP contribution in [0.1, 0.15) is 28.9 Å². The standard InChI is InChI=1S/C19H19N5O4S/c1-13-16(18(29-2)23-17(22-13)14-6-3-11-27-14)19(26)28-12-15(25)24(9-4-7-20)10-5-8-21/h3,6,11H,4-5,9-10,12H2,1-2H3. The first kappa shape index (κ1) is 21.9. The lowest BCUT2D eigenvalue weighted by Gasteiger charge is -2.20. The molecule has 150 valence electrons. The van der Waals surface area contributed by atoms with Gasteiger partial charge in [-0.2, -0.15) is 10.5 Å². The third-order valence-corrected chi connectivity index (χ3v) is 4.54. The number of nitriles is 2. The van der Waals surface area contributed by atoms with E-state index < -0.39 is 18.5 Å². The second-order valence-corrected chi connectivity index (χ2v) is 6.56. The number of thioether (sulfide) groups is 1. The number of hydrogen-bond acceptors (Lipinski definition) is 9. The van der Waals surface area contributed by atoms with Crippen molar-refractivity contribution >= 4 is 23.6 Å². The molecule has 10 heteroatoms. The van der Waals surface area contributed by atoms with Crippen LogP contribution in [0.2, 0.25) is 0 Å². The molecule has 0 saturated carbocycles. The molecule has 0 N–H and O–H groups in total. The van der Waals surface area contributed by atoms with Crippen molar-refractivity contribution in [2.24, 2.45) is 0 Å². The van der Waals surface area contributed by atoms with E-state index in [0.29, 0.717) is 22.3 Å². The monoisotopic (exact) mass is 413 g/mol. The molecule has 0 unspecified atom stereocenters. The molecule has 2 heterocycles. The number of aryl methyl sites for hydroxylation is 1. The number of amides is 1. The normalized spacial score (nSPS) is 10.1. The fraction of sp³-hybridized carbons (Fsp3) is 0.368. The summed E-state index contributed by atoms with van der Waals surface area (Å²) in [7, 11) is 0. The van der Waals surface area contributed by atoms with E-state index in [9.17, 15) is 9.59 Å². The Kier molecular flexibility index (Phi) is 8.19. The van der Waals surface area contributed by atoms with Gasteiger partial charge in [0, 0.05) is 13.1 Å². The molecule has 2 aromatic heterocycles. The fourth-order valence-corrected chi connectivity index (χ4v) is 3.08. The second kappa shape index (κ2) is 10.8. The van der Waals surface area contributed by atoms with Crippen LogP contribution >= 0.6 is 11.8 Å². The molecule has 0 aliphatic rings. The molecule has 0 aliphatic carbocycles. The number of carbonyl (C=O) groups excluding carboxylic acids is 2. The molecule has 0 bridgehead atoms. The molecule has 0 radical (unpaired) electrons. The Bertz CT molecular complexity index is 929. The van der Waals surface area contributed by atoms with Gasteiger partial charge < -0.3 is 14.1 Å². The summed E-state index contributed by atoms with van der Waals surface area (Å²) in [6.45, 7) is 1.50. The van der Waals surface area contributed by atoms with E-state index in [-0.39, 0.29) is 31.5 Å². The van der Waals surface area contributed by atoms with Gasteiger partial charge in [0.15, 0.2) is 18.2 Å². The molecule has 1 amide bonds. The highest BCUT2D eigenvalue weighted by Crippen LogP contribution is 2.25. The summed E-state index contributed by atoms with van der Waals surface area (Å²) < 4.78 is 10.5. The van der Waals surface area contributed by atoms with Gasteiger partial charge in [0.2, 0.25) is 0 Å². The van der Waals surface area contributed by atoms with Crippen LogP contribution in [0.25, 0.3) is 11.6 Å². The second-order valence-electron chi connectivity index (χ2n) is 5.77. The summed E-state index contributed by atoms with van der Waals surface area (Å²) in [4.78, 5) is 34.9. The van der Waals surface area contributed by atoms with Gasteiger partial charge in [0.25, 0.3) is 5.91 Å². The van der Waals surface area contributed by atoms with Gasteiger partial charge in [-0.15, -0.1) is 11.8 Å². The third-order valence-electron chi connectivity index (χ3n) is 3.86. The topological polar surface area (TPSA) is 133 Å². The van der Waals surface area contributed by atoms with Crippen molar-refractivity contribution in [1.82, 2.24) is 14.9 Å². The number of furan rings is 1. The van der Waals surface area contributed by atoms with Crippen LogP contribution in [-0.4, -0.2) is 52.7 Å². The molecule has 0 aromatic carbocycles. The Morgan fingerprint density at radius 1 is 1.24 bits per heavy atom. The van der Waals surface area contributed by atoms with Crippen molar-refractivity contribution in [2.45, 2.75) is 24.8 Å². The molecule has 0 spiro atoms. The van der Waals surface area contributed by atoms with E-state index >= 15 is 0 Å². The SMILES string of the molecule is CSc1nc(-c2ccco2)nc(C)c1C(=O)OCC(=O)N(CCC#N)CCC#N. The summed E-state index contributed by atoms with van der Waals surface area (Å²) in [5, 5.41) is 17.8. The number of rotatable bonds is 9.